The van der Waals surface area contributed by atoms with E-state index in [1.54, 1.807) is 6.92 Å². The summed E-state index contributed by atoms with van der Waals surface area (Å²) in [4.78, 5) is 23.0. The molecule has 0 saturated carbocycles. The first-order valence-corrected chi connectivity index (χ1v) is 11.5. The normalized spacial score (nSPS) is 10.9. The summed E-state index contributed by atoms with van der Waals surface area (Å²) in [6, 6.07) is 8.14. The molecule has 0 radical (unpaired) electrons. The fraction of sp³-hybridized carbons (Fsp3) is 0.556. The third kappa shape index (κ3) is 9.29. The molecule has 0 heterocycles. The third-order valence-electron chi connectivity index (χ3n) is 5.02. The van der Waals surface area contributed by atoms with E-state index in [1.807, 2.05) is 12.1 Å². The van der Waals surface area contributed by atoms with Crippen LogP contribution in [0.3, 0.4) is 0 Å². The van der Waals surface area contributed by atoms with Crippen LogP contribution in [0.1, 0.15) is 66.9 Å². The first kappa shape index (κ1) is 27.5. The Labute approximate surface area is 193 Å². The van der Waals surface area contributed by atoms with Gasteiger partial charge < -0.3 is 14.2 Å². The average Bonchev–Trinajstić information content (AvgIpc) is 2.71. The fourth-order valence-corrected chi connectivity index (χ4v) is 3.74. The van der Waals surface area contributed by atoms with Crippen molar-refractivity contribution in [2.45, 2.75) is 61.3 Å². The Hall–Kier alpha value is -2.56. The molecule has 5 heteroatoms. The van der Waals surface area contributed by atoms with Gasteiger partial charge in [0.05, 0.1) is 6.61 Å². The van der Waals surface area contributed by atoms with E-state index >= 15 is 0 Å². The van der Waals surface area contributed by atoms with Gasteiger partial charge >= 0.3 is 11.9 Å². The molecule has 0 unspecified atom stereocenters. The monoisotopic (exact) mass is 444 g/mol. The molecule has 0 N–H and O–H groups in total. The minimum Gasteiger partial charge on any atom is -0.490 e. The summed E-state index contributed by atoms with van der Waals surface area (Å²) in [5, 5.41) is 0. The number of carbonyl (C=O) groups is 2. The molecule has 32 heavy (non-hydrogen) atoms. The SMILES string of the molecule is C=C(C)C(=O)OCCCC(=O)OCCOc1ccc(C(=C(C(C)C)C(C)C)C(C)C)cc1. The number of esters is 2. The van der Waals surface area contributed by atoms with Crippen LogP contribution in [0.4, 0.5) is 0 Å². The fourth-order valence-electron chi connectivity index (χ4n) is 3.74. The quantitative estimate of drug-likeness (QED) is 0.205. The Kier molecular flexibility index (Phi) is 11.8. The smallest absolute Gasteiger partial charge is 0.333 e. The molecule has 5 nitrogen and oxygen atoms in total. The lowest BCUT2D eigenvalue weighted by Crippen LogP contribution is -2.13. The molecule has 1 rings (SSSR count). The molecule has 0 amide bonds. The van der Waals surface area contributed by atoms with Gasteiger partial charge in [-0.25, -0.2) is 4.79 Å². The number of benzene rings is 1. The Morgan fingerprint density at radius 3 is 1.94 bits per heavy atom. The lowest BCUT2D eigenvalue weighted by atomic mass is 9.81. The van der Waals surface area contributed by atoms with E-state index in [4.69, 9.17) is 14.2 Å². The molecule has 0 bridgehead atoms. The zero-order chi connectivity index (χ0) is 24.3. The van der Waals surface area contributed by atoms with Crippen molar-refractivity contribution in [2.75, 3.05) is 19.8 Å². The van der Waals surface area contributed by atoms with Crippen LogP contribution in [-0.2, 0) is 19.1 Å². The number of carbonyl (C=O) groups excluding carboxylic acids is 2. The van der Waals surface area contributed by atoms with E-state index in [2.05, 4.69) is 60.3 Å². The van der Waals surface area contributed by atoms with Gasteiger partial charge in [-0.1, -0.05) is 65.8 Å². The van der Waals surface area contributed by atoms with Crippen LogP contribution in [0.15, 0.2) is 42.0 Å². The van der Waals surface area contributed by atoms with Crippen molar-refractivity contribution in [1.29, 1.82) is 0 Å². The van der Waals surface area contributed by atoms with Crippen molar-refractivity contribution in [3.8, 4) is 5.75 Å². The maximum atomic E-state index is 11.7. The maximum Gasteiger partial charge on any atom is 0.333 e. The van der Waals surface area contributed by atoms with Gasteiger partial charge in [0.1, 0.15) is 19.0 Å². The van der Waals surface area contributed by atoms with Crippen LogP contribution >= 0.6 is 0 Å². The van der Waals surface area contributed by atoms with E-state index in [1.165, 1.54) is 16.7 Å². The summed E-state index contributed by atoms with van der Waals surface area (Å²) in [6.45, 7) is 19.2. The van der Waals surface area contributed by atoms with Crippen LogP contribution in [0.25, 0.3) is 5.57 Å². The Balaban J connectivity index is 2.51. The van der Waals surface area contributed by atoms with Gasteiger partial charge in [0.25, 0.3) is 0 Å². The molecule has 0 atom stereocenters. The lowest BCUT2D eigenvalue weighted by molar-refractivity contribution is -0.146. The highest BCUT2D eigenvalue weighted by molar-refractivity contribution is 5.86. The number of ether oxygens (including phenoxy) is 3. The number of rotatable bonds is 13. The third-order valence-corrected chi connectivity index (χ3v) is 5.02. The summed E-state index contributed by atoms with van der Waals surface area (Å²) in [6.07, 6.45) is 0.608. The molecule has 0 aliphatic carbocycles. The molecular formula is C27H40O5. The molecule has 178 valence electrons. The molecular weight excluding hydrogens is 404 g/mol. The average molecular weight is 445 g/mol. The Morgan fingerprint density at radius 1 is 0.844 bits per heavy atom. The van der Waals surface area contributed by atoms with Gasteiger partial charge in [-0.15, -0.1) is 0 Å². The summed E-state index contributed by atoms with van der Waals surface area (Å²) >= 11 is 0. The topological polar surface area (TPSA) is 61.8 Å². The molecule has 1 aromatic rings. The largest absolute Gasteiger partial charge is 0.490 e. The molecule has 0 fully saturated rings. The zero-order valence-corrected chi connectivity index (χ0v) is 20.8. The second-order valence-corrected chi connectivity index (χ2v) is 8.95. The molecule has 0 aromatic heterocycles. The van der Waals surface area contributed by atoms with Crippen LogP contribution < -0.4 is 4.74 Å². The molecule has 0 aliphatic heterocycles. The number of hydrogen-bond donors (Lipinski definition) is 0. The molecule has 0 aliphatic rings. The van der Waals surface area contributed by atoms with Crippen LogP contribution in [0.2, 0.25) is 0 Å². The van der Waals surface area contributed by atoms with Gasteiger partial charge in [0.2, 0.25) is 0 Å². The minimum absolute atomic E-state index is 0.172. The van der Waals surface area contributed by atoms with E-state index < -0.39 is 5.97 Å². The molecule has 1 aromatic carbocycles. The van der Waals surface area contributed by atoms with Gasteiger partial charge in [0.15, 0.2) is 0 Å². The standard InChI is InChI=1S/C27H40O5/c1-18(2)25(19(3)4)26(20(5)6)22-11-13-23(14-12-22)30-16-17-31-24(28)10-9-15-32-27(29)21(7)8/h11-14,18-20H,7,9-10,15-17H2,1-6,8H3. The Morgan fingerprint density at radius 2 is 1.44 bits per heavy atom. The van der Waals surface area contributed by atoms with Crippen molar-refractivity contribution < 1.29 is 23.8 Å². The predicted molar refractivity (Wildman–Crippen MR) is 129 cm³/mol. The number of hydrogen-bond acceptors (Lipinski definition) is 5. The van der Waals surface area contributed by atoms with Crippen molar-refractivity contribution in [3.63, 3.8) is 0 Å². The van der Waals surface area contributed by atoms with E-state index in [-0.39, 0.29) is 32.2 Å². The summed E-state index contributed by atoms with van der Waals surface area (Å²) in [5.74, 6) is 1.39. The minimum atomic E-state index is -0.446. The van der Waals surface area contributed by atoms with Crippen molar-refractivity contribution in [2.24, 2.45) is 17.8 Å². The van der Waals surface area contributed by atoms with Gasteiger partial charge in [-0.05, 0) is 54.4 Å². The summed E-state index contributed by atoms with van der Waals surface area (Å²) in [5.41, 5.74) is 4.47. The highest BCUT2D eigenvalue weighted by atomic mass is 16.6. The number of allylic oxidation sites excluding steroid dienone is 2. The second kappa shape index (κ2) is 13.8. The molecule has 0 spiro atoms. The van der Waals surface area contributed by atoms with Gasteiger partial charge in [-0.2, -0.15) is 0 Å². The van der Waals surface area contributed by atoms with Crippen LogP contribution in [0.5, 0.6) is 5.75 Å². The predicted octanol–water partition coefficient (Wildman–Crippen LogP) is 6.23. The van der Waals surface area contributed by atoms with Gasteiger partial charge in [-0.3, -0.25) is 4.79 Å². The summed E-state index contributed by atoms with van der Waals surface area (Å²) in [7, 11) is 0. The van der Waals surface area contributed by atoms with E-state index in [0.717, 1.165) is 5.75 Å². The van der Waals surface area contributed by atoms with Crippen molar-refractivity contribution in [1.82, 2.24) is 0 Å². The first-order valence-electron chi connectivity index (χ1n) is 11.5. The molecule has 0 saturated heterocycles. The first-order chi connectivity index (χ1) is 15.0. The van der Waals surface area contributed by atoms with Crippen molar-refractivity contribution >= 4 is 17.5 Å². The van der Waals surface area contributed by atoms with Crippen LogP contribution in [-0.4, -0.2) is 31.8 Å². The Bertz CT molecular complexity index is 775. The highest BCUT2D eigenvalue weighted by Gasteiger charge is 2.18. The van der Waals surface area contributed by atoms with E-state index in [0.29, 0.717) is 29.7 Å². The van der Waals surface area contributed by atoms with Gasteiger partial charge in [0, 0.05) is 12.0 Å². The van der Waals surface area contributed by atoms with Crippen LogP contribution in [0, 0.1) is 17.8 Å². The highest BCUT2D eigenvalue weighted by Crippen LogP contribution is 2.35. The van der Waals surface area contributed by atoms with E-state index in [9.17, 15) is 9.59 Å². The maximum absolute atomic E-state index is 11.7. The zero-order valence-electron chi connectivity index (χ0n) is 20.8. The lowest BCUT2D eigenvalue weighted by Gasteiger charge is -2.25. The summed E-state index contributed by atoms with van der Waals surface area (Å²) < 4.78 is 15.8. The second-order valence-electron chi connectivity index (χ2n) is 8.95. The van der Waals surface area contributed by atoms with Crippen molar-refractivity contribution in [3.05, 3.63) is 47.6 Å².